The highest BCUT2D eigenvalue weighted by Gasteiger charge is 2.38. The lowest BCUT2D eigenvalue weighted by Crippen LogP contribution is -2.23. The molecule has 0 saturated carbocycles. The van der Waals surface area contributed by atoms with Crippen LogP contribution in [0.2, 0.25) is 5.02 Å². The number of nitrogens with one attached hydrogen (secondary N) is 1. The first-order valence-corrected chi connectivity index (χ1v) is 9.33. The van der Waals surface area contributed by atoms with Crippen LogP contribution in [0, 0.1) is 6.92 Å². The number of alkyl halides is 3. The second kappa shape index (κ2) is 9.28. The summed E-state index contributed by atoms with van der Waals surface area (Å²) in [4.78, 5) is 11.9. The predicted octanol–water partition coefficient (Wildman–Crippen LogP) is 5.21. The molecule has 0 bridgehead atoms. The van der Waals surface area contributed by atoms with Gasteiger partial charge in [-0.1, -0.05) is 49.7 Å². The second-order valence-corrected chi connectivity index (χ2v) is 7.15. The van der Waals surface area contributed by atoms with Crippen molar-refractivity contribution in [1.29, 1.82) is 0 Å². The van der Waals surface area contributed by atoms with Gasteiger partial charge in [0.25, 0.3) is 0 Å². The van der Waals surface area contributed by atoms with Crippen LogP contribution in [0.4, 0.5) is 13.2 Å². The summed E-state index contributed by atoms with van der Waals surface area (Å²) in [5.41, 5.74) is 1.32. The molecule has 0 unspecified atom stereocenters. The van der Waals surface area contributed by atoms with Gasteiger partial charge in [-0.15, -0.1) is 0 Å². The van der Waals surface area contributed by atoms with Crippen LogP contribution in [0.3, 0.4) is 0 Å². The largest absolute Gasteiger partial charge is 0.436 e. The molecule has 0 atom stereocenters. The van der Waals surface area contributed by atoms with Crippen molar-refractivity contribution >= 4 is 23.6 Å². The molecule has 2 rings (SSSR count). The molecule has 4 nitrogen and oxygen atoms in total. The van der Waals surface area contributed by atoms with E-state index in [2.05, 4.69) is 24.3 Å². The van der Waals surface area contributed by atoms with Crippen LogP contribution in [0.25, 0.3) is 6.08 Å². The summed E-state index contributed by atoms with van der Waals surface area (Å²) in [7, 11) is 0. The van der Waals surface area contributed by atoms with E-state index in [1.54, 1.807) is 6.08 Å². The SMILES string of the molecule is Cc1c(Cl)c(C(F)(F)F)nn1CCCNC(=O)/C=C/c1ccc(C(C)C)cc1. The zero-order valence-corrected chi connectivity index (χ0v) is 16.7. The molecule has 0 aliphatic carbocycles. The van der Waals surface area contributed by atoms with Crippen molar-refractivity contribution in [2.45, 2.75) is 45.8 Å². The number of aromatic nitrogens is 2. The topological polar surface area (TPSA) is 46.9 Å². The van der Waals surface area contributed by atoms with Crippen LogP contribution in [-0.4, -0.2) is 22.2 Å². The second-order valence-electron chi connectivity index (χ2n) is 6.77. The maximum absolute atomic E-state index is 12.8. The maximum Gasteiger partial charge on any atom is 0.436 e. The zero-order chi connectivity index (χ0) is 20.9. The van der Waals surface area contributed by atoms with E-state index < -0.39 is 11.9 Å². The van der Waals surface area contributed by atoms with Gasteiger partial charge in [-0.2, -0.15) is 18.3 Å². The Bertz CT molecular complexity index is 840. The lowest BCUT2D eigenvalue weighted by atomic mass is 10.0. The van der Waals surface area contributed by atoms with Gasteiger partial charge in [0.05, 0.1) is 10.7 Å². The number of aryl methyl sites for hydroxylation is 1. The van der Waals surface area contributed by atoms with Gasteiger partial charge in [-0.3, -0.25) is 9.48 Å². The van der Waals surface area contributed by atoms with Crippen molar-refractivity contribution in [3.05, 3.63) is 57.9 Å². The average molecular weight is 414 g/mol. The summed E-state index contributed by atoms with van der Waals surface area (Å²) in [6.07, 6.45) is -1.01. The number of benzene rings is 1. The van der Waals surface area contributed by atoms with E-state index in [9.17, 15) is 18.0 Å². The lowest BCUT2D eigenvalue weighted by molar-refractivity contribution is -0.141. The van der Waals surface area contributed by atoms with Crippen molar-refractivity contribution < 1.29 is 18.0 Å². The quantitative estimate of drug-likeness (QED) is 0.500. The third-order valence-corrected chi connectivity index (χ3v) is 4.73. The zero-order valence-electron chi connectivity index (χ0n) is 16.0. The highest BCUT2D eigenvalue weighted by molar-refractivity contribution is 6.31. The Morgan fingerprint density at radius 1 is 1.29 bits per heavy atom. The van der Waals surface area contributed by atoms with E-state index in [1.807, 2.05) is 24.3 Å². The molecule has 152 valence electrons. The Hall–Kier alpha value is -2.28. The molecular formula is C20H23ClF3N3O. The predicted molar refractivity (Wildman–Crippen MR) is 104 cm³/mol. The number of nitrogens with zero attached hydrogens (tertiary/aromatic N) is 2. The molecule has 1 N–H and O–H groups in total. The first-order valence-electron chi connectivity index (χ1n) is 8.95. The molecule has 1 aromatic carbocycles. The van der Waals surface area contributed by atoms with E-state index in [0.717, 1.165) is 5.56 Å². The minimum atomic E-state index is -4.58. The number of hydrogen-bond acceptors (Lipinski definition) is 2. The fourth-order valence-corrected chi connectivity index (χ4v) is 2.83. The van der Waals surface area contributed by atoms with E-state index in [-0.39, 0.29) is 23.2 Å². The summed E-state index contributed by atoms with van der Waals surface area (Å²) < 4.78 is 39.6. The van der Waals surface area contributed by atoms with E-state index >= 15 is 0 Å². The molecule has 0 saturated heterocycles. The first-order chi connectivity index (χ1) is 13.1. The van der Waals surface area contributed by atoms with E-state index in [0.29, 0.717) is 18.9 Å². The number of halogens is 4. The van der Waals surface area contributed by atoms with Crippen LogP contribution >= 0.6 is 11.6 Å². The van der Waals surface area contributed by atoms with E-state index in [4.69, 9.17) is 11.6 Å². The van der Waals surface area contributed by atoms with Crippen molar-refractivity contribution in [2.75, 3.05) is 6.54 Å². The highest BCUT2D eigenvalue weighted by atomic mass is 35.5. The molecule has 0 fully saturated rings. The van der Waals surface area contributed by atoms with Crippen LogP contribution in [0.5, 0.6) is 0 Å². The van der Waals surface area contributed by atoms with Crippen LogP contribution in [-0.2, 0) is 17.5 Å². The van der Waals surface area contributed by atoms with Crippen molar-refractivity contribution in [3.63, 3.8) is 0 Å². The van der Waals surface area contributed by atoms with Gasteiger partial charge < -0.3 is 5.32 Å². The Balaban J connectivity index is 1.81. The molecule has 1 heterocycles. The van der Waals surface area contributed by atoms with Gasteiger partial charge in [0.1, 0.15) is 0 Å². The van der Waals surface area contributed by atoms with E-state index in [1.165, 1.54) is 23.2 Å². The van der Waals surface area contributed by atoms with Crippen LogP contribution in [0.1, 0.15) is 48.7 Å². The monoisotopic (exact) mass is 413 g/mol. The van der Waals surface area contributed by atoms with Gasteiger partial charge in [-0.25, -0.2) is 0 Å². The summed E-state index contributed by atoms with van der Waals surface area (Å²) in [5, 5.41) is 5.84. The number of rotatable bonds is 7. The molecule has 1 aromatic heterocycles. The summed E-state index contributed by atoms with van der Waals surface area (Å²) in [5.74, 6) is 0.181. The fraction of sp³-hybridized carbons (Fsp3) is 0.400. The molecule has 2 aromatic rings. The standard InChI is InChI=1S/C20H23ClF3N3O/c1-13(2)16-8-5-15(6-9-16)7-10-17(28)25-11-4-12-27-14(3)18(21)19(26-27)20(22,23)24/h5-10,13H,4,11-12H2,1-3H3,(H,25,28)/b10-7+. The van der Waals surface area contributed by atoms with Crippen molar-refractivity contribution in [3.8, 4) is 0 Å². The minimum absolute atomic E-state index is 0.224. The molecule has 0 spiro atoms. The molecule has 28 heavy (non-hydrogen) atoms. The van der Waals surface area contributed by atoms with Gasteiger partial charge in [0.2, 0.25) is 5.91 Å². The highest BCUT2D eigenvalue weighted by Crippen LogP contribution is 2.35. The average Bonchev–Trinajstić information content (AvgIpc) is 2.92. The number of carbonyl (C=O) groups excluding carboxylic acids is 1. The minimum Gasteiger partial charge on any atom is -0.352 e. The van der Waals surface area contributed by atoms with Gasteiger partial charge in [0.15, 0.2) is 5.69 Å². The lowest BCUT2D eigenvalue weighted by Gasteiger charge is -2.06. The van der Waals surface area contributed by atoms with Gasteiger partial charge in [0, 0.05) is 19.2 Å². The number of amides is 1. The molecule has 8 heteroatoms. The molecule has 1 amide bonds. The van der Waals surface area contributed by atoms with Crippen LogP contribution in [0.15, 0.2) is 30.3 Å². The summed E-state index contributed by atoms with van der Waals surface area (Å²) >= 11 is 5.71. The maximum atomic E-state index is 12.8. The Kier molecular flexibility index (Phi) is 7.29. The first kappa shape index (κ1) is 22.0. The summed E-state index contributed by atoms with van der Waals surface area (Å²) in [6.45, 7) is 6.24. The normalized spacial score (nSPS) is 12.1. The molecule has 0 radical (unpaired) electrons. The molecule has 0 aliphatic heterocycles. The smallest absolute Gasteiger partial charge is 0.352 e. The number of hydrogen-bond donors (Lipinski definition) is 1. The molecule has 0 aliphatic rings. The Labute approximate surface area is 167 Å². The third kappa shape index (κ3) is 5.86. The number of carbonyl (C=O) groups is 1. The molecular weight excluding hydrogens is 391 g/mol. The Morgan fingerprint density at radius 3 is 2.46 bits per heavy atom. The van der Waals surface area contributed by atoms with Crippen molar-refractivity contribution in [2.24, 2.45) is 0 Å². The fourth-order valence-electron chi connectivity index (χ4n) is 2.59. The van der Waals surface area contributed by atoms with Gasteiger partial charge >= 0.3 is 6.18 Å². The van der Waals surface area contributed by atoms with Crippen LogP contribution < -0.4 is 5.32 Å². The Morgan fingerprint density at radius 2 is 1.93 bits per heavy atom. The third-order valence-electron chi connectivity index (χ3n) is 4.28. The van der Waals surface area contributed by atoms with Gasteiger partial charge in [-0.05, 0) is 36.5 Å². The summed E-state index contributed by atoms with van der Waals surface area (Å²) in [6, 6.07) is 7.94. The van der Waals surface area contributed by atoms with Crippen molar-refractivity contribution in [1.82, 2.24) is 15.1 Å².